The lowest BCUT2D eigenvalue weighted by Crippen LogP contribution is -2.33. The number of carbonyl (C=O) groups is 2. The number of rotatable bonds is 6. The van der Waals surface area contributed by atoms with Gasteiger partial charge in [0.2, 0.25) is 0 Å². The number of hydrogen-bond donors (Lipinski definition) is 2. The lowest BCUT2D eigenvalue weighted by Gasteiger charge is -2.21. The Morgan fingerprint density at radius 3 is 2.62 bits per heavy atom. The fraction of sp³-hybridized carbons (Fsp3) is 0.276. The normalized spacial score (nSPS) is 13.4. The van der Waals surface area contributed by atoms with Crippen LogP contribution in [0.1, 0.15) is 45.4 Å². The summed E-state index contributed by atoms with van der Waals surface area (Å²) in [6.07, 6.45) is 1.76. The van der Waals surface area contributed by atoms with E-state index in [2.05, 4.69) is 15.3 Å². The highest BCUT2D eigenvalue weighted by atomic mass is 32.2. The molecule has 1 aliphatic rings. The maximum absolute atomic E-state index is 14.9. The monoisotopic (exact) mass is 564 g/mol. The molecule has 0 atom stereocenters. The highest BCUT2D eigenvalue weighted by Crippen LogP contribution is 2.31. The molecule has 0 bridgehead atoms. The summed E-state index contributed by atoms with van der Waals surface area (Å²) < 4.78 is 44.5. The minimum atomic E-state index is -3.77. The van der Waals surface area contributed by atoms with Crippen molar-refractivity contribution in [1.29, 1.82) is 0 Å². The molecule has 0 aliphatic carbocycles. The van der Waals surface area contributed by atoms with Crippen LogP contribution in [0, 0.1) is 12.7 Å². The van der Waals surface area contributed by atoms with E-state index >= 15 is 0 Å². The molecular formula is C29H29FN4O5S. The number of H-pyrrole nitrogens is 1. The van der Waals surface area contributed by atoms with Gasteiger partial charge < -0.3 is 19.9 Å². The van der Waals surface area contributed by atoms with Gasteiger partial charge in [-0.15, -0.1) is 0 Å². The molecule has 40 heavy (non-hydrogen) atoms. The van der Waals surface area contributed by atoms with Crippen LogP contribution in [-0.2, 0) is 16.4 Å². The van der Waals surface area contributed by atoms with E-state index in [4.69, 9.17) is 4.74 Å². The quantitative estimate of drug-likeness (QED) is 0.361. The molecular weight excluding hydrogens is 535 g/mol. The minimum absolute atomic E-state index is 0.0114. The summed E-state index contributed by atoms with van der Waals surface area (Å²) in [5.41, 5.74) is 4.02. The number of nitrogens with zero attached hydrogens (tertiary/aromatic N) is 2. The topological polar surface area (TPSA) is 121 Å². The number of aromatic amines is 1. The van der Waals surface area contributed by atoms with Gasteiger partial charge in [0.25, 0.3) is 11.8 Å². The number of nitrogens with one attached hydrogen (secondary N) is 2. The molecule has 1 aliphatic heterocycles. The smallest absolute Gasteiger partial charge is 0.287 e. The Kier molecular flexibility index (Phi) is 7.33. The third-order valence-electron chi connectivity index (χ3n) is 6.87. The van der Waals surface area contributed by atoms with E-state index < -0.39 is 26.5 Å². The summed E-state index contributed by atoms with van der Waals surface area (Å²) in [5.74, 6) is -0.686. The van der Waals surface area contributed by atoms with E-state index in [0.29, 0.717) is 17.8 Å². The first-order valence-electron chi connectivity index (χ1n) is 12.9. The Morgan fingerprint density at radius 1 is 1.12 bits per heavy atom. The molecule has 0 radical (unpaired) electrons. The van der Waals surface area contributed by atoms with Crippen molar-refractivity contribution < 1.29 is 27.1 Å². The predicted molar refractivity (Wildman–Crippen MR) is 149 cm³/mol. The largest absolute Gasteiger partial charge is 0.491 e. The Labute approximate surface area is 231 Å². The van der Waals surface area contributed by atoms with Crippen LogP contribution in [0.4, 0.5) is 4.39 Å². The molecule has 2 amide bonds. The zero-order chi connectivity index (χ0) is 28.6. The van der Waals surface area contributed by atoms with Crippen molar-refractivity contribution >= 4 is 32.7 Å². The van der Waals surface area contributed by atoms with E-state index in [9.17, 15) is 22.4 Å². The maximum Gasteiger partial charge on any atom is 0.287 e. The van der Waals surface area contributed by atoms with Gasteiger partial charge in [-0.1, -0.05) is 19.1 Å². The molecule has 1 aromatic heterocycles. The fourth-order valence-electron chi connectivity index (χ4n) is 4.71. The first-order chi connectivity index (χ1) is 19.1. The van der Waals surface area contributed by atoms with Crippen LogP contribution in [0.3, 0.4) is 0 Å². The van der Waals surface area contributed by atoms with Crippen LogP contribution in [0.15, 0.2) is 53.4 Å². The summed E-state index contributed by atoms with van der Waals surface area (Å²) in [4.78, 5) is 34.3. The standard InChI is InChI=1S/C29H29FN4O5S/c1-4-11-31-28(35)27-32-22-8-5-19(15-23(22)33-27)18-6-9-24-20(14-18)16-34(12-13-39-24)29(36)21-7-10-25(40(3,37)38)26(30)17(21)2/h5-10,14-15H,4,11-13,16H2,1-3H3,(H,31,35)(H,32,33). The fourth-order valence-corrected chi connectivity index (χ4v) is 5.51. The van der Waals surface area contributed by atoms with E-state index in [1.807, 2.05) is 43.3 Å². The van der Waals surface area contributed by atoms with Crippen LogP contribution in [-0.4, -0.2) is 61.1 Å². The molecule has 2 heterocycles. The van der Waals surface area contributed by atoms with Gasteiger partial charge in [-0.2, -0.15) is 0 Å². The van der Waals surface area contributed by atoms with Crippen molar-refractivity contribution in [3.05, 3.63) is 76.9 Å². The SMILES string of the molecule is CCCNC(=O)c1nc2ccc(-c3ccc4c(c3)CN(C(=O)c3ccc(S(C)(=O)=O)c(F)c3C)CCO4)cc2[nH]1. The number of benzene rings is 3. The Bertz CT molecular complexity index is 1750. The second-order valence-corrected chi connectivity index (χ2v) is 11.8. The highest BCUT2D eigenvalue weighted by Gasteiger charge is 2.26. The number of halogens is 1. The van der Waals surface area contributed by atoms with Gasteiger partial charge >= 0.3 is 0 Å². The summed E-state index contributed by atoms with van der Waals surface area (Å²) in [6.45, 7) is 4.71. The number of aromatic nitrogens is 2. The second kappa shape index (κ2) is 10.7. The number of carbonyl (C=O) groups excluding carboxylic acids is 2. The van der Waals surface area contributed by atoms with Crippen molar-refractivity contribution in [3.8, 4) is 16.9 Å². The van der Waals surface area contributed by atoms with E-state index in [-0.39, 0.29) is 42.6 Å². The summed E-state index contributed by atoms with van der Waals surface area (Å²) in [5, 5.41) is 2.81. The summed E-state index contributed by atoms with van der Waals surface area (Å²) in [6, 6.07) is 13.9. The van der Waals surface area contributed by atoms with Crippen LogP contribution >= 0.6 is 0 Å². The molecule has 0 saturated heterocycles. The molecule has 0 spiro atoms. The Morgan fingerprint density at radius 2 is 1.88 bits per heavy atom. The maximum atomic E-state index is 14.9. The molecule has 9 nitrogen and oxygen atoms in total. The number of fused-ring (bicyclic) bond motifs is 2. The number of sulfone groups is 1. The molecule has 11 heteroatoms. The first-order valence-corrected chi connectivity index (χ1v) is 14.8. The average Bonchev–Trinajstić information content (AvgIpc) is 3.24. The summed E-state index contributed by atoms with van der Waals surface area (Å²) >= 11 is 0. The highest BCUT2D eigenvalue weighted by molar-refractivity contribution is 7.90. The Balaban J connectivity index is 1.42. The minimum Gasteiger partial charge on any atom is -0.491 e. The van der Waals surface area contributed by atoms with Crippen molar-refractivity contribution in [2.24, 2.45) is 0 Å². The lowest BCUT2D eigenvalue weighted by molar-refractivity contribution is 0.0731. The van der Waals surface area contributed by atoms with E-state index in [1.165, 1.54) is 13.0 Å². The van der Waals surface area contributed by atoms with Crippen molar-refractivity contribution in [3.63, 3.8) is 0 Å². The third kappa shape index (κ3) is 5.29. The van der Waals surface area contributed by atoms with Crippen LogP contribution in [0.5, 0.6) is 5.75 Å². The van der Waals surface area contributed by atoms with E-state index in [1.54, 1.807) is 4.90 Å². The molecule has 3 aromatic carbocycles. The molecule has 4 aromatic rings. The number of hydrogen-bond acceptors (Lipinski definition) is 6. The van der Waals surface area contributed by atoms with Gasteiger partial charge in [0.1, 0.15) is 23.1 Å². The average molecular weight is 565 g/mol. The van der Waals surface area contributed by atoms with Crippen LogP contribution in [0.25, 0.3) is 22.2 Å². The first kappa shape index (κ1) is 27.3. The number of amides is 2. The number of ether oxygens (including phenoxy) is 1. The molecule has 208 valence electrons. The molecule has 0 unspecified atom stereocenters. The number of imidazole rings is 1. The van der Waals surface area contributed by atoms with E-state index in [0.717, 1.165) is 41.0 Å². The van der Waals surface area contributed by atoms with Crippen molar-refractivity contribution in [1.82, 2.24) is 20.2 Å². The predicted octanol–water partition coefficient (Wildman–Crippen LogP) is 4.26. The summed E-state index contributed by atoms with van der Waals surface area (Å²) in [7, 11) is -3.77. The van der Waals surface area contributed by atoms with Gasteiger partial charge in [0, 0.05) is 30.5 Å². The Hall–Kier alpha value is -4.25. The molecule has 0 fully saturated rings. The van der Waals surface area contributed by atoms with Crippen LogP contribution in [0.2, 0.25) is 0 Å². The lowest BCUT2D eigenvalue weighted by atomic mass is 10.0. The van der Waals surface area contributed by atoms with Gasteiger partial charge in [-0.05, 0) is 66.4 Å². The van der Waals surface area contributed by atoms with Crippen LogP contribution < -0.4 is 10.1 Å². The third-order valence-corrected chi connectivity index (χ3v) is 7.99. The van der Waals surface area contributed by atoms with Gasteiger partial charge in [-0.3, -0.25) is 9.59 Å². The van der Waals surface area contributed by atoms with Crippen molar-refractivity contribution in [2.45, 2.75) is 31.7 Å². The second-order valence-electron chi connectivity index (χ2n) is 9.79. The van der Waals surface area contributed by atoms with Gasteiger partial charge in [0.15, 0.2) is 15.7 Å². The molecule has 5 rings (SSSR count). The molecule has 2 N–H and O–H groups in total. The van der Waals surface area contributed by atoms with Gasteiger partial charge in [0.05, 0.1) is 17.6 Å². The zero-order valence-corrected chi connectivity index (χ0v) is 23.2. The zero-order valence-electron chi connectivity index (χ0n) is 22.4. The van der Waals surface area contributed by atoms with Crippen molar-refractivity contribution in [2.75, 3.05) is 26.0 Å². The molecule has 0 saturated carbocycles. The van der Waals surface area contributed by atoms with Gasteiger partial charge in [-0.25, -0.2) is 17.8 Å².